The van der Waals surface area contributed by atoms with E-state index >= 15 is 0 Å². The lowest BCUT2D eigenvalue weighted by atomic mass is 10.2. The number of sulfonamides is 1. The van der Waals surface area contributed by atoms with Gasteiger partial charge in [-0.2, -0.15) is 0 Å². The number of rotatable bonds is 8. The third kappa shape index (κ3) is 7.25. The van der Waals surface area contributed by atoms with E-state index in [4.69, 9.17) is 0 Å². The summed E-state index contributed by atoms with van der Waals surface area (Å²) in [5.74, 6) is -0.229. The quantitative estimate of drug-likeness (QED) is 0.739. The smallest absolute Gasteiger partial charge is 0.208 e. The monoisotopic (exact) mass is 288 g/mol. The van der Waals surface area contributed by atoms with Gasteiger partial charge in [-0.15, -0.1) is 0 Å². The van der Waals surface area contributed by atoms with Crippen molar-refractivity contribution in [1.82, 2.24) is 9.62 Å². The van der Waals surface area contributed by atoms with Crippen LogP contribution in [-0.2, 0) is 16.6 Å². The predicted octanol–water partition coefficient (Wildman–Crippen LogP) is 1.59. The van der Waals surface area contributed by atoms with Crippen LogP contribution < -0.4 is 4.72 Å². The molecule has 0 aliphatic heterocycles. The van der Waals surface area contributed by atoms with Crippen LogP contribution in [0.1, 0.15) is 18.9 Å². The second kappa shape index (κ2) is 7.57. The van der Waals surface area contributed by atoms with Crippen molar-refractivity contribution in [1.29, 1.82) is 0 Å². The number of hydrogen-bond acceptors (Lipinski definition) is 3. The van der Waals surface area contributed by atoms with Gasteiger partial charge in [-0.25, -0.2) is 17.5 Å². The minimum atomic E-state index is -3.11. The summed E-state index contributed by atoms with van der Waals surface area (Å²) in [6.07, 6.45) is 1.88. The number of nitrogens with one attached hydrogen (secondary N) is 1. The first-order chi connectivity index (χ1) is 8.90. The highest BCUT2D eigenvalue weighted by Crippen LogP contribution is 2.07. The van der Waals surface area contributed by atoms with Crippen LogP contribution in [0.3, 0.4) is 0 Å². The van der Waals surface area contributed by atoms with Crippen molar-refractivity contribution in [2.45, 2.75) is 19.9 Å². The highest BCUT2D eigenvalue weighted by atomic mass is 32.2. The Bertz CT molecular complexity index is 491. The Labute approximate surface area is 114 Å². The van der Waals surface area contributed by atoms with Gasteiger partial charge < -0.3 is 0 Å². The third-order valence-electron chi connectivity index (χ3n) is 2.76. The molecular weight excluding hydrogens is 267 g/mol. The zero-order valence-electron chi connectivity index (χ0n) is 11.4. The van der Waals surface area contributed by atoms with E-state index < -0.39 is 10.0 Å². The van der Waals surface area contributed by atoms with Gasteiger partial charge in [-0.3, -0.25) is 4.90 Å². The summed E-state index contributed by atoms with van der Waals surface area (Å²) in [5.41, 5.74) is 0.929. The van der Waals surface area contributed by atoms with Gasteiger partial charge in [0.1, 0.15) is 5.82 Å². The van der Waals surface area contributed by atoms with E-state index in [-0.39, 0.29) is 5.82 Å². The zero-order chi connectivity index (χ0) is 14.3. The summed E-state index contributed by atoms with van der Waals surface area (Å²) in [4.78, 5) is 2.15. The maximum atomic E-state index is 13.1. The molecule has 108 valence electrons. The van der Waals surface area contributed by atoms with Crippen LogP contribution in [0.2, 0.25) is 0 Å². The van der Waals surface area contributed by atoms with E-state index in [1.807, 2.05) is 13.0 Å². The van der Waals surface area contributed by atoms with Gasteiger partial charge in [0.05, 0.1) is 6.26 Å². The number of nitrogens with zero attached hydrogens (tertiary/aromatic N) is 1. The number of halogens is 1. The fourth-order valence-corrected chi connectivity index (χ4v) is 2.32. The third-order valence-corrected chi connectivity index (χ3v) is 3.49. The van der Waals surface area contributed by atoms with Crippen LogP contribution >= 0.6 is 0 Å². The van der Waals surface area contributed by atoms with Crippen molar-refractivity contribution < 1.29 is 12.8 Å². The first-order valence-electron chi connectivity index (χ1n) is 6.32. The molecule has 6 heteroatoms. The van der Waals surface area contributed by atoms with Crippen molar-refractivity contribution in [2.75, 3.05) is 25.9 Å². The molecule has 0 atom stereocenters. The minimum Gasteiger partial charge on any atom is -0.299 e. The molecule has 0 aliphatic rings. The fraction of sp³-hybridized carbons (Fsp3) is 0.538. The highest BCUT2D eigenvalue weighted by Gasteiger charge is 2.05. The molecule has 0 aromatic heterocycles. The maximum Gasteiger partial charge on any atom is 0.208 e. The molecule has 0 saturated heterocycles. The van der Waals surface area contributed by atoms with Crippen molar-refractivity contribution >= 4 is 10.0 Å². The molecule has 0 bridgehead atoms. The van der Waals surface area contributed by atoms with Gasteiger partial charge in [-0.05, 0) is 37.2 Å². The lowest BCUT2D eigenvalue weighted by Gasteiger charge is -2.20. The van der Waals surface area contributed by atoms with E-state index in [2.05, 4.69) is 9.62 Å². The molecule has 1 aromatic carbocycles. The molecule has 0 fully saturated rings. The molecule has 0 amide bonds. The number of hydrogen-bond donors (Lipinski definition) is 1. The maximum absolute atomic E-state index is 13.1. The van der Waals surface area contributed by atoms with E-state index in [0.29, 0.717) is 13.1 Å². The van der Waals surface area contributed by atoms with Gasteiger partial charge in [-0.1, -0.05) is 19.1 Å². The standard InChI is InChI=1S/C13H21FN2O2S/c1-3-16(9-5-8-15-19(2,17)18)11-12-6-4-7-13(14)10-12/h4,6-7,10,15H,3,5,8-9,11H2,1-2H3. The summed E-state index contributed by atoms with van der Waals surface area (Å²) >= 11 is 0. The van der Waals surface area contributed by atoms with Crippen LogP contribution in [0.15, 0.2) is 24.3 Å². The second-order valence-electron chi connectivity index (χ2n) is 4.52. The summed E-state index contributed by atoms with van der Waals surface area (Å²) < 4.78 is 37.3. The van der Waals surface area contributed by atoms with E-state index in [9.17, 15) is 12.8 Å². The zero-order valence-corrected chi connectivity index (χ0v) is 12.2. The molecule has 19 heavy (non-hydrogen) atoms. The molecule has 0 radical (unpaired) electrons. The van der Waals surface area contributed by atoms with E-state index in [1.165, 1.54) is 12.1 Å². The average molecular weight is 288 g/mol. The second-order valence-corrected chi connectivity index (χ2v) is 6.35. The molecule has 0 spiro atoms. The molecule has 1 aromatic rings. The predicted molar refractivity (Wildman–Crippen MR) is 74.8 cm³/mol. The Morgan fingerprint density at radius 1 is 1.37 bits per heavy atom. The lowest BCUT2D eigenvalue weighted by molar-refractivity contribution is 0.276. The van der Waals surface area contributed by atoms with E-state index in [0.717, 1.165) is 31.3 Å². The van der Waals surface area contributed by atoms with Gasteiger partial charge in [0.15, 0.2) is 0 Å². The molecule has 0 unspecified atom stereocenters. The molecule has 0 saturated carbocycles. The minimum absolute atomic E-state index is 0.229. The summed E-state index contributed by atoms with van der Waals surface area (Å²) in [7, 11) is -3.11. The first-order valence-corrected chi connectivity index (χ1v) is 8.21. The Morgan fingerprint density at radius 3 is 2.68 bits per heavy atom. The molecule has 0 aliphatic carbocycles. The van der Waals surface area contributed by atoms with Crippen molar-refractivity contribution in [3.05, 3.63) is 35.6 Å². The topological polar surface area (TPSA) is 49.4 Å². The molecular formula is C13H21FN2O2S. The Kier molecular flexibility index (Phi) is 6.41. The van der Waals surface area contributed by atoms with Gasteiger partial charge >= 0.3 is 0 Å². The van der Waals surface area contributed by atoms with E-state index in [1.54, 1.807) is 6.07 Å². The van der Waals surface area contributed by atoms with Gasteiger partial charge in [0.2, 0.25) is 10.0 Å². The molecule has 4 nitrogen and oxygen atoms in total. The van der Waals surface area contributed by atoms with Gasteiger partial charge in [0, 0.05) is 13.1 Å². The largest absolute Gasteiger partial charge is 0.299 e. The fourth-order valence-electron chi connectivity index (χ4n) is 1.80. The average Bonchev–Trinajstić information content (AvgIpc) is 2.32. The first kappa shape index (κ1) is 16.1. The van der Waals surface area contributed by atoms with Crippen LogP contribution in [0.4, 0.5) is 4.39 Å². The van der Waals surface area contributed by atoms with Crippen molar-refractivity contribution in [3.63, 3.8) is 0 Å². The Morgan fingerprint density at radius 2 is 2.11 bits per heavy atom. The van der Waals surface area contributed by atoms with Crippen LogP contribution in [0.5, 0.6) is 0 Å². The Balaban J connectivity index is 2.38. The van der Waals surface area contributed by atoms with Crippen LogP contribution in [0.25, 0.3) is 0 Å². The van der Waals surface area contributed by atoms with Crippen molar-refractivity contribution in [3.8, 4) is 0 Å². The molecule has 1 N–H and O–H groups in total. The number of benzene rings is 1. The molecule has 1 rings (SSSR count). The van der Waals surface area contributed by atoms with Crippen LogP contribution in [-0.4, -0.2) is 39.2 Å². The normalized spacial score (nSPS) is 12.0. The van der Waals surface area contributed by atoms with Gasteiger partial charge in [0.25, 0.3) is 0 Å². The molecule has 0 heterocycles. The highest BCUT2D eigenvalue weighted by molar-refractivity contribution is 7.88. The summed E-state index contributed by atoms with van der Waals surface area (Å²) in [5, 5.41) is 0. The Hall–Kier alpha value is -0.980. The summed E-state index contributed by atoms with van der Waals surface area (Å²) in [6, 6.07) is 6.54. The summed E-state index contributed by atoms with van der Waals surface area (Å²) in [6.45, 7) is 4.75. The van der Waals surface area contributed by atoms with Crippen LogP contribution in [0, 0.1) is 5.82 Å². The lowest BCUT2D eigenvalue weighted by Crippen LogP contribution is -2.29. The van der Waals surface area contributed by atoms with Crippen molar-refractivity contribution in [2.24, 2.45) is 0 Å². The SMILES string of the molecule is CCN(CCCNS(C)(=O)=O)Cc1cccc(F)c1.